The van der Waals surface area contributed by atoms with Gasteiger partial charge < -0.3 is 16.2 Å². The fourth-order valence-electron chi connectivity index (χ4n) is 2.63. The fourth-order valence-corrected chi connectivity index (χ4v) is 2.63. The highest BCUT2D eigenvalue weighted by Gasteiger charge is 2.39. The van der Waals surface area contributed by atoms with Gasteiger partial charge in [0.05, 0.1) is 11.5 Å². The van der Waals surface area contributed by atoms with Gasteiger partial charge in [-0.3, -0.25) is 9.59 Å². The van der Waals surface area contributed by atoms with E-state index in [9.17, 15) is 14.7 Å². The monoisotopic (exact) mass is 284 g/mol. The van der Waals surface area contributed by atoms with E-state index in [2.05, 4.69) is 5.32 Å². The van der Waals surface area contributed by atoms with Crippen LogP contribution in [0.5, 0.6) is 0 Å². The van der Waals surface area contributed by atoms with Gasteiger partial charge in [0.1, 0.15) is 0 Å². The summed E-state index contributed by atoms with van der Waals surface area (Å²) in [4.78, 5) is 23.7. The average Bonchev–Trinajstić information content (AvgIpc) is 2.60. The molecule has 0 heterocycles. The number of carbonyl (C=O) groups excluding carboxylic acids is 1. The summed E-state index contributed by atoms with van der Waals surface area (Å²) in [5.41, 5.74) is 4.76. The summed E-state index contributed by atoms with van der Waals surface area (Å²) < 4.78 is 0. The van der Waals surface area contributed by atoms with Crippen molar-refractivity contribution in [3.05, 3.63) is 0 Å². The van der Waals surface area contributed by atoms with Crippen LogP contribution >= 0.6 is 0 Å². The molecule has 0 aromatic heterocycles. The van der Waals surface area contributed by atoms with Crippen molar-refractivity contribution in [3.8, 4) is 0 Å². The molecule has 1 aliphatic carbocycles. The topological polar surface area (TPSA) is 92.4 Å². The molecular formula is C15H28N2O3. The molecule has 0 saturated heterocycles. The molecule has 0 aromatic carbocycles. The first-order valence-corrected chi connectivity index (χ1v) is 7.46. The molecule has 116 valence electrons. The maximum Gasteiger partial charge on any atom is 0.311 e. The van der Waals surface area contributed by atoms with Crippen LogP contribution < -0.4 is 11.1 Å². The van der Waals surface area contributed by atoms with Crippen molar-refractivity contribution in [1.29, 1.82) is 0 Å². The number of nitrogens with one attached hydrogen (secondary N) is 1. The van der Waals surface area contributed by atoms with E-state index in [0.717, 1.165) is 25.7 Å². The van der Waals surface area contributed by atoms with Crippen LogP contribution in [0.25, 0.3) is 0 Å². The summed E-state index contributed by atoms with van der Waals surface area (Å²) in [5, 5.41) is 12.3. The molecular weight excluding hydrogens is 256 g/mol. The molecule has 20 heavy (non-hydrogen) atoms. The van der Waals surface area contributed by atoms with Gasteiger partial charge in [-0.1, -0.05) is 46.5 Å². The van der Waals surface area contributed by atoms with Crippen molar-refractivity contribution in [2.24, 2.45) is 16.6 Å². The van der Waals surface area contributed by atoms with Crippen molar-refractivity contribution in [2.75, 3.05) is 6.54 Å². The average molecular weight is 284 g/mol. The Balaban J connectivity index is 2.68. The molecule has 0 bridgehead atoms. The lowest BCUT2D eigenvalue weighted by atomic mass is 9.80. The number of rotatable bonds is 4. The summed E-state index contributed by atoms with van der Waals surface area (Å²) in [6.45, 7) is 5.88. The smallest absolute Gasteiger partial charge is 0.311 e. The van der Waals surface area contributed by atoms with Gasteiger partial charge in [0.15, 0.2) is 0 Å². The van der Waals surface area contributed by atoms with Gasteiger partial charge in [0.2, 0.25) is 5.91 Å². The molecule has 1 saturated carbocycles. The highest BCUT2D eigenvalue weighted by Crippen LogP contribution is 2.35. The molecule has 1 aliphatic rings. The Kier molecular flexibility index (Phi) is 5.57. The van der Waals surface area contributed by atoms with Crippen molar-refractivity contribution in [2.45, 2.75) is 65.3 Å². The third kappa shape index (κ3) is 4.20. The molecule has 4 N–H and O–H groups in total. The first kappa shape index (κ1) is 17.0. The largest absolute Gasteiger partial charge is 0.481 e. The zero-order chi connectivity index (χ0) is 15.4. The molecule has 0 spiro atoms. The predicted molar refractivity (Wildman–Crippen MR) is 78.2 cm³/mol. The summed E-state index contributed by atoms with van der Waals surface area (Å²) in [7, 11) is 0. The number of carbonyl (C=O) groups is 2. The summed E-state index contributed by atoms with van der Waals surface area (Å²) in [5.74, 6) is -1.06. The van der Waals surface area contributed by atoms with E-state index in [0.29, 0.717) is 12.8 Å². The van der Waals surface area contributed by atoms with Crippen LogP contribution in [0, 0.1) is 10.8 Å². The minimum absolute atomic E-state index is 0.185. The van der Waals surface area contributed by atoms with Gasteiger partial charge in [-0.2, -0.15) is 0 Å². The van der Waals surface area contributed by atoms with Crippen LogP contribution in [-0.4, -0.2) is 29.6 Å². The highest BCUT2D eigenvalue weighted by atomic mass is 16.4. The molecule has 0 aromatic rings. The van der Waals surface area contributed by atoms with E-state index in [-0.39, 0.29) is 17.9 Å². The third-order valence-electron chi connectivity index (χ3n) is 4.33. The third-order valence-corrected chi connectivity index (χ3v) is 4.33. The number of carboxylic acid groups (broad SMARTS) is 1. The number of aliphatic carboxylic acids is 1. The SMILES string of the molecule is CC(C)(C)[C@H](N)C(=O)NCC1(C(=O)O)CCCCCC1. The van der Waals surface area contributed by atoms with Gasteiger partial charge in [-0.15, -0.1) is 0 Å². The Hall–Kier alpha value is -1.10. The van der Waals surface area contributed by atoms with E-state index < -0.39 is 17.4 Å². The minimum Gasteiger partial charge on any atom is -0.481 e. The van der Waals surface area contributed by atoms with Crippen LogP contribution in [0.15, 0.2) is 0 Å². The zero-order valence-electron chi connectivity index (χ0n) is 12.9. The molecule has 1 rings (SSSR count). The molecule has 1 fully saturated rings. The molecule has 5 nitrogen and oxygen atoms in total. The number of hydrogen-bond acceptors (Lipinski definition) is 3. The second-order valence-corrected chi connectivity index (χ2v) is 7.06. The summed E-state index contributed by atoms with van der Waals surface area (Å²) >= 11 is 0. The van der Waals surface area contributed by atoms with Crippen molar-refractivity contribution >= 4 is 11.9 Å². The second kappa shape index (κ2) is 6.57. The van der Waals surface area contributed by atoms with Crippen LogP contribution in [0.2, 0.25) is 0 Å². The Morgan fingerprint density at radius 2 is 1.70 bits per heavy atom. The molecule has 1 atom stereocenters. The molecule has 0 aliphatic heterocycles. The van der Waals surface area contributed by atoms with Gasteiger partial charge in [-0.05, 0) is 18.3 Å². The lowest BCUT2D eigenvalue weighted by molar-refractivity contribution is -0.150. The number of carboxylic acids is 1. The zero-order valence-corrected chi connectivity index (χ0v) is 12.9. The normalized spacial score (nSPS) is 20.8. The quantitative estimate of drug-likeness (QED) is 0.687. The van der Waals surface area contributed by atoms with Gasteiger partial charge in [-0.25, -0.2) is 0 Å². The standard InChI is InChI=1S/C15H28N2O3/c1-14(2,3)11(16)12(18)17-10-15(13(19)20)8-6-4-5-7-9-15/h11H,4-10,16H2,1-3H3,(H,17,18)(H,19,20)/t11-/m1/s1. The number of hydrogen-bond donors (Lipinski definition) is 3. The van der Waals surface area contributed by atoms with E-state index >= 15 is 0 Å². The Labute approximate surface area is 121 Å². The summed E-state index contributed by atoms with van der Waals surface area (Å²) in [6, 6.07) is -0.626. The van der Waals surface area contributed by atoms with E-state index in [1.165, 1.54) is 0 Å². The van der Waals surface area contributed by atoms with Crippen LogP contribution in [0.3, 0.4) is 0 Å². The Morgan fingerprint density at radius 1 is 1.20 bits per heavy atom. The maximum atomic E-state index is 12.1. The Morgan fingerprint density at radius 3 is 2.10 bits per heavy atom. The van der Waals surface area contributed by atoms with Crippen LogP contribution in [0.1, 0.15) is 59.3 Å². The van der Waals surface area contributed by atoms with Gasteiger partial charge in [0.25, 0.3) is 0 Å². The van der Waals surface area contributed by atoms with Gasteiger partial charge >= 0.3 is 5.97 Å². The number of amides is 1. The first-order chi connectivity index (χ1) is 9.19. The van der Waals surface area contributed by atoms with Crippen molar-refractivity contribution < 1.29 is 14.7 Å². The lowest BCUT2D eigenvalue weighted by Crippen LogP contribution is -2.52. The van der Waals surface area contributed by atoms with Crippen molar-refractivity contribution in [1.82, 2.24) is 5.32 Å². The van der Waals surface area contributed by atoms with Crippen LogP contribution in [-0.2, 0) is 9.59 Å². The molecule has 5 heteroatoms. The minimum atomic E-state index is -0.816. The second-order valence-electron chi connectivity index (χ2n) is 7.06. The summed E-state index contributed by atoms with van der Waals surface area (Å²) in [6.07, 6.45) is 5.23. The lowest BCUT2D eigenvalue weighted by Gasteiger charge is -2.31. The maximum absolute atomic E-state index is 12.1. The molecule has 0 unspecified atom stereocenters. The predicted octanol–water partition coefficient (Wildman–Crippen LogP) is 1.90. The van der Waals surface area contributed by atoms with Crippen molar-refractivity contribution in [3.63, 3.8) is 0 Å². The van der Waals surface area contributed by atoms with E-state index in [1.807, 2.05) is 20.8 Å². The van der Waals surface area contributed by atoms with E-state index in [1.54, 1.807) is 0 Å². The number of nitrogens with two attached hydrogens (primary N) is 1. The fraction of sp³-hybridized carbons (Fsp3) is 0.867. The molecule has 1 amide bonds. The molecule has 0 radical (unpaired) electrons. The van der Waals surface area contributed by atoms with Gasteiger partial charge in [0, 0.05) is 6.54 Å². The first-order valence-electron chi connectivity index (χ1n) is 7.46. The Bertz CT molecular complexity index is 353. The van der Waals surface area contributed by atoms with E-state index in [4.69, 9.17) is 5.73 Å². The highest BCUT2D eigenvalue weighted by molar-refractivity contribution is 5.83. The van der Waals surface area contributed by atoms with Crippen LogP contribution in [0.4, 0.5) is 0 Å².